The molecule has 1 aromatic carbocycles. The van der Waals surface area contributed by atoms with Crippen molar-refractivity contribution in [2.24, 2.45) is 0 Å². The fourth-order valence-electron chi connectivity index (χ4n) is 1.15. The first-order valence-corrected chi connectivity index (χ1v) is 4.60. The van der Waals surface area contributed by atoms with Crippen molar-refractivity contribution < 1.29 is 9.63 Å². The van der Waals surface area contributed by atoms with Gasteiger partial charge < -0.3 is 0 Å². The van der Waals surface area contributed by atoms with Gasteiger partial charge in [0.15, 0.2) is 0 Å². The molecule has 76 valence electrons. The lowest BCUT2D eigenvalue weighted by Crippen LogP contribution is -2.25. The van der Waals surface area contributed by atoms with E-state index in [1.807, 2.05) is 24.3 Å². The first-order valence-electron chi connectivity index (χ1n) is 4.60. The van der Waals surface area contributed by atoms with Crippen LogP contribution in [0.1, 0.15) is 22.8 Å². The minimum Gasteiger partial charge on any atom is -0.274 e. The Bertz CT molecular complexity index is 306. The third-order valence-electron chi connectivity index (χ3n) is 2.17. The Hall–Kier alpha value is -1.35. The highest BCUT2D eigenvalue weighted by Crippen LogP contribution is 2.07. The predicted octanol–water partition coefficient (Wildman–Crippen LogP) is 1.88. The van der Waals surface area contributed by atoms with E-state index >= 15 is 0 Å². The topological polar surface area (TPSA) is 29.5 Å². The van der Waals surface area contributed by atoms with Crippen molar-refractivity contribution in [3.05, 3.63) is 35.4 Å². The Morgan fingerprint density at radius 3 is 2.36 bits per heavy atom. The number of amides is 1. The molecule has 0 heterocycles. The Kier molecular flexibility index (Phi) is 3.65. The number of carbonyl (C=O) groups excluding carboxylic acids is 1. The Morgan fingerprint density at radius 1 is 1.36 bits per heavy atom. The summed E-state index contributed by atoms with van der Waals surface area (Å²) in [5.41, 5.74) is 1.87. The van der Waals surface area contributed by atoms with E-state index in [2.05, 4.69) is 6.92 Å². The van der Waals surface area contributed by atoms with E-state index in [-0.39, 0.29) is 5.91 Å². The molecule has 0 aliphatic rings. The smallest absolute Gasteiger partial charge is 0.274 e. The summed E-state index contributed by atoms with van der Waals surface area (Å²) >= 11 is 0. The number of hydroxylamine groups is 2. The maximum Gasteiger partial charge on any atom is 0.277 e. The van der Waals surface area contributed by atoms with Crippen LogP contribution in [0.25, 0.3) is 0 Å². The third kappa shape index (κ3) is 2.33. The number of nitrogens with zero attached hydrogens (tertiary/aromatic N) is 1. The molecule has 0 fully saturated rings. The summed E-state index contributed by atoms with van der Waals surface area (Å²) in [6.07, 6.45) is 0.981. The second-order valence-corrected chi connectivity index (χ2v) is 3.04. The maximum absolute atomic E-state index is 11.6. The number of carbonyl (C=O) groups is 1. The summed E-state index contributed by atoms with van der Waals surface area (Å²) in [5, 5.41) is 1.21. The van der Waals surface area contributed by atoms with Crippen molar-refractivity contribution in [2.45, 2.75) is 13.3 Å². The Labute approximate surface area is 84.2 Å². The van der Waals surface area contributed by atoms with E-state index in [1.165, 1.54) is 17.7 Å². The Balaban J connectivity index is 2.81. The van der Waals surface area contributed by atoms with Gasteiger partial charge >= 0.3 is 0 Å². The molecule has 0 spiro atoms. The SMILES string of the molecule is CCc1ccc(C(=O)N(C)OC)cc1. The zero-order valence-electron chi connectivity index (χ0n) is 8.78. The summed E-state index contributed by atoms with van der Waals surface area (Å²) in [6.45, 7) is 2.08. The van der Waals surface area contributed by atoms with Crippen LogP contribution in [0.15, 0.2) is 24.3 Å². The second kappa shape index (κ2) is 4.77. The molecule has 0 bridgehead atoms. The van der Waals surface area contributed by atoms with E-state index in [9.17, 15) is 4.79 Å². The average Bonchev–Trinajstić information content (AvgIpc) is 2.27. The predicted molar refractivity (Wildman–Crippen MR) is 54.9 cm³/mol. The van der Waals surface area contributed by atoms with Crippen LogP contribution in [0, 0.1) is 0 Å². The fourth-order valence-corrected chi connectivity index (χ4v) is 1.15. The number of benzene rings is 1. The van der Waals surface area contributed by atoms with Crippen molar-refractivity contribution in [3.8, 4) is 0 Å². The minimum atomic E-state index is -0.129. The van der Waals surface area contributed by atoms with Gasteiger partial charge in [0.25, 0.3) is 5.91 Å². The lowest BCUT2D eigenvalue weighted by molar-refractivity contribution is -0.0756. The zero-order chi connectivity index (χ0) is 10.6. The van der Waals surface area contributed by atoms with Crippen molar-refractivity contribution >= 4 is 5.91 Å². The van der Waals surface area contributed by atoms with Gasteiger partial charge in [-0.15, -0.1) is 0 Å². The van der Waals surface area contributed by atoms with Crippen LogP contribution in [0.4, 0.5) is 0 Å². The molecular formula is C11H15NO2. The molecule has 14 heavy (non-hydrogen) atoms. The first-order chi connectivity index (χ1) is 6.69. The quantitative estimate of drug-likeness (QED) is 0.686. The number of rotatable bonds is 3. The minimum absolute atomic E-state index is 0.129. The summed E-state index contributed by atoms with van der Waals surface area (Å²) in [6, 6.07) is 7.54. The van der Waals surface area contributed by atoms with Gasteiger partial charge in [-0.2, -0.15) is 0 Å². The van der Waals surface area contributed by atoms with Gasteiger partial charge in [-0.3, -0.25) is 9.63 Å². The van der Waals surface area contributed by atoms with E-state index in [0.717, 1.165) is 6.42 Å². The summed E-state index contributed by atoms with van der Waals surface area (Å²) < 4.78 is 0. The normalized spacial score (nSPS) is 9.93. The molecule has 0 saturated heterocycles. The van der Waals surface area contributed by atoms with Gasteiger partial charge in [0.05, 0.1) is 7.11 Å². The molecule has 1 amide bonds. The molecule has 0 aromatic heterocycles. The van der Waals surface area contributed by atoms with E-state index in [1.54, 1.807) is 7.05 Å². The van der Waals surface area contributed by atoms with Crippen molar-refractivity contribution in [1.29, 1.82) is 0 Å². The van der Waals surface area contributed by atoms with Crippen molar-refractivity contribution in [3.63, 3.8) is 0 Å². The van der Waals surface area contributed by atoms with Crippen molar-refractivity contribution in [1.82, 2.24) is 5.06 Å². The lowest BCUT2D eigenvalue weighted by Gasteiger charge is -2.13. The van der Waals surface area contributed by atoms with Crippen molar-refractivity contribution in [2.75, 3.05) is 14.2 Å². The summed E-state index contributed by atoms with van der Waals surface area (Å²) in [7, 11) is 3.06. The monoisotopic (exact) mass is 193 g/mol. The molecular weight excluding hydrogens is 178 g/mol. The molecule has 0 radical (unpaired) electrons. The van der Waals surface area contributed by atoms with Crippen LogP contribution in [-0.2, 0) is 11.3 Å². The molecule has 3 nitrogen and oxygen atoms in total. The lowest BCUT2D eigenvalue weighted by atomic mass is 10.1. The van der Waals surface area contributed by atoms with E-state index in [0.29, 0.717) is 5.56 Å². The number of hydrogen-bond donors (Lipinski definition) is 0. The van der Waals surface area contributed by atoms with Gasteiger partial charge in [0.1, 0.15) is 0 Å². The van der Waals surface area contributed by atoms with Crippen LogP contribution in [0.3, 0.4) is 0 Å². The molecule has 0 saturated carbocycles. The number of hydrogen-bond acceptors (Lipinski definition) is 2. The van der Waals surface area contributed by atoms with Gasteiger partial charge in [0.2, 0.25) is 0 Å². The average molecular weight is 193 g/mol. The van der Waals surface area contributed by atoms with Crippen LogP contribution < -0.4 is 0 Å². The molecule has 0 N–H and O–H groups in total. The van der Waals surface area contributed by atoms with Gasteiger partial charge in [-0.25, -0.2) is 5.06 Å². The third-order valence-corrected chi connectivity index (χ3v) is 2.17. The highest BCUT2D eigenvalue weighted by molar-refractivity contribution is 5.93. The second-order valence-electron chi connectivity index (χ2n) is 3.04. The van der Waals surface area contributed by atoms with Crippen LogP contribution >= 0.6 is 0 Å². The first kappa shape index (κ1) is 10.7. The van der Waals surface area contributed by atoms with Crippen LogP contribution in [0.2, 0.25) is 0 Å². The van der Waals surface area contributed by atoms with Crippen LogP contribution in [-0.4, -0.2) is 25.1 Å². The van der Waals surface area contributed by atoms with E-state index in [4.69, 9.17) is 4.84 Å². The molecule has 0 atom stereocenters. The number of aryl methyl sites for hydroxylation is 1. The van der Waals surface area contributed by atoms with Gasteiger partial charge in [0, 0.05) is 12.6 Å². The molecule has 3 heteroatoms. The summed E-state index contributed by atoms with van der Waals surface area (Å²) in [5.74, 6) is -0.129. The maximum atomic E-state index is 11.6. The van der Waals surface area contributed by atoms with Crippen LogP contribution in [0.5, 0.6) is 0 Å². The molecule has 1 aromatic rings. The molecule has 0 unspecified atom stereocenters. The molecule has 0 aliphatic carbocycles. The Morgan fingerprint density at radius 2 is 1.93 bits per heavy atom. The fraction of sp³-hybridized carbons (Fsp3) is 0.364. The summed E-state index contributed by atoms with van der Waals surface area (Å²) in [4.78, 5) is 16.4. The zero-order valence-corrected chi connectivity index (χ0v) is 8.78. The van der Waals surface area contributed by atoms with Gasteiger partial charge in [-0.05, 0) is 24.1 Å². The van der Waals surface area contributed by atoms with E-state index < -0.39 is 0 Å². The molecule has 1 rings (SSSR count). The highest BCUT2D eigenvalue weighted by Gasteiger charge is 2.09. The van der Waals surface area contributed by atoms with Gasteiger partial charge in [-0.1, -0.05) is 19.1 Å². The standard InChI is InChI=1S/C11H15NO2/c1-4-9-5-7-10(8-6-9)11(13)12(2)14-3/h5-8H,4H2,1-3H3. The largest absolute Gasteiger partial charge is 0.277 e. The highest BCUT2D eigenvalue weighted by atomic mass is 16.7. The molecule has 0 aliphatic heterocycles.